The topological polar surface area (TPSA) is 78.7 Å². The first-order valence-electron chi connectivity index (χ1n) is 9.70. The number of nitrogens with zero attached hydrogens (tertiary/aromatic N) is 4. The number of imidazole rings is 1. The van der Waals surface area contributed by atoms with Gasteiger partial charge in [-0.05, 0) is 43.9 Å². The number of aromatic carboxylic acids is 1. The van der Waals surface area contributed by atoms with E-state index in [2.05, 4.69) is 9.88 Å². The second kappa shape index (κ2) is 6.74. The zero-order chi connectivity index (χ0) is 20.1. The van der Waals surface area contributed by atoms with E-state index in [1.54, 1.807) is 19.0 Å². The van der Waals surface area contributed by atoms with Gasteiger partial charge in [0.05, 0.1) is 16.9 Å². The number of amides is 1. The lowest BCUT2D eigenvalue weighted by Crippen LogP contribution is -2.56. The minimum atomic E-state index is -0.960. The van der Waals surface area contributed by atoms with Gasteiger partial charge in [0.2, 0.25) is 5.82 Å². The number of hydrogen-bond donors (Lipinski definition) is 1. The molecular weight excluding hydrogens is 356 g/mol. The number of aryl methyl sites for hydroxylation is 1. The molecule has 1 N–H and O–H groups in total. The summed E-state index contributed by atoms with van der Waals surface area (Å²) in [6.45, 7) is 4.13. The molecule has 0 unspecified atom stereocenters. The number of carbonyl (C=O) groups excluding carboxylic acids is 1. The zero-order valence-electron chi connectivity index (χ0n) is 16.6. The van der Waals surface area contributed by atoms with Crippen molar-refractivity contribution in [2.75, 3.05) is 20.6 Å². The molecule has 1 fully saturated rings. The van der Waals surface area contributed by atoms with Crippen molar-refractivity contribution in [3.8, 4) is 0 Å². The summed E-state index contributed by atoms with van der Waals surface area (Å²) in [4.78, 5) is 32.1. The molecule has 2 aromatic rings. The van der Waals surface area contributed by atoms with Crippen LogP contribution in [-0.4, -0.2) is 57.0 Å². The summed E-state index contributed by atoms with van der Waals surface area (Å²) < 4.78 is 1.91. The van der Waals surface area contributed by atoms with Gasteiger partial charge in [0, 0.05) is 39.3 Å². The van der Waals surface area contributed by atoms with Crippen LogP contribution in [0, 0.1) is 6.92 Å². The Morgan fingerprint density at radius 1 is 1.18 bits per heavy atom. The van der Waals surface area contributed by atoms with Crippen molar-refractivity contribution in [1.29, 1.82) is 0 Å². The molecule has 7 nitrogen and oxygen atoms in total. The number of rotatable bonds is 4. The van der Waals surface area contributed by atoms with Crippen molar-refractivity contribution >= 4 is 11.9 Å². The molecule has 1 aromatic carbocycles. The predicted octanol–water partition coefficient (Wildman–Crippen LogP) is 2.49. The third-order valence-electron chi connectivity index (χ3n) is 6.13. The predicted molar refractivity (Wildman–Crippen MR) is 104 cm³/mol. The largest absolute Gasteiger partial charge is 0.475 e. The van der Waals surface area contributed by atoms with Crippen LogP contribution in [0.5, 0.6) is 0 Å². The van der Waals surface area contributed by atoms with Crippen LogP contribution in [0.15, 0.2) is 24.3 Å². The highest BCUT2D eigenvalue weighted by Crippen LogP contribution is 2.50. The number of carboxylic acids is 1. The van der Waals surface area contributed by atoms with Crippen molar-refractivity contribution in [3.63, 3.8) is 0 Å². The Bertz CT molecular complexity index is 926. The monoisotopic (exact) mass is 382 g/mol. The Labute approximate surface area is 164 Å². The fraction of sp³-hybridized carbons (Fsp3) is 0.476. The lowest BCUT2D eigenvalue weighted by Gasteiger charge is -2.53. The van der Waals surface area contributed by atoms with Crippen molar-refractivity contribution in [2.24, 2.45) is 0 Å². The minimum Gasteiger partial charge on any atom is -0.475 e. The smallest absolute Gasteiger partial charge is 0.372 e. The molecule has 2 aliphatic rings. The molecule has 1 aromatic heterocycles. The van der Waals surface area contributed by atoms with Gasteiger partial charge < -0.3 is 14.6 Å². The molecule has 2 heterocycles. The Hall–Kier alpha value is -2.67. The third-order valence-corrected chi connectivity index (χ3v) is 6.13. The number of carbonyl (C=O) groups is 2. The van der Waals surface area contributed by atoms with Crippen LogP contribution in [0.25, 0.3) is 0 Å². The van der Waals surface area contributed by atoms with Crippen LogP contribution < -0.4 is 0 Å². The third kappa shape index (κ3) is 2.81. The molecule has 1 aliphatic heterocycles. The molecule has 0 bridgehead atoms. The SMILES string of the molecule is Cc1nc(C(=O)O)n2c1C1(CCC1)N(Cc1ccc(C(=O)N(C)C)cc1)CC2. The number of hydrogen-bond acceptors (Lipinski definition) is 4. The number of aromatic nitrogens is 2. The van der Waals surface area contributed by atoms with Gasteiger partial charge in [0.1, 0.15) is 0 Å². The Morgan fingerprint density at radius 3 is 2.39 bits per heavy atom. The van der Waals surface area contributed by atoms with E-state index in [-0.39, 0.29) is 17.3 Å². The van der Waals surface area contributed by atoms with Crippen LogP contribution in [0.1, 0.15) is 57.2 Å². The van der Waals surface area contributed by atoms with Gasteiger partial charge in [-0.2, -0.15) is 0 Å². The average Bonchev–Trinajstić information content (AvgIpc) is 2.98. The summed E-state index contributed by atoms with van der Waals surface area (Å²) in [5, 5.41) is 9.50. The maximum Gasteiger partial charge on any atom is 0.372 e. The van der Waals surface area contributed by atoms with Gasteiger partial charge in [-0.3, -0.25) is 9.69 Å². The summed E-state index contributed by atoms with van der Waals surface area (Å²) >= 11 is 0. The molecule has 1 saturated carbocycles. The van der Waals surface area contributed by atoms with Crippen molar-refractivity contribution < 1.29 is 14.7 Å². The van der Waals surface area contributed by atoms with E-state index in [0.717, 1.165) is 49.3 Å². The number of fused-ring (bicyclic) bond motifs is 2. The van der Waals surface area contributed by atoms with E-state index in [4.69, 9.17) is 0 Å². The van der Waals surface area contributed by atoms with Crippen LogP contribution in [0.3, 0.4) is 0 Å². The average molecular weight is 382 g/mol. The first-order chi connectivity index (χ1) is 13.3. The summed E-state index contributed by atoms with van der Waals surface area (Å²) in [6, 6.07) is 7.80. The molecule has 1 aliphatic carbocycles. The second-order valence-electron chi connectivity index (χ2n) is 8.03. The Morgan fingerprint density at radius 2 is 1.86 bits per heavy atom. The summed E-state index contributed by atoms with van der Waals surface area (Å²) in [7, 11) is 3.50. The van der Waals surface area contributed by atoms with Crippen LogP contribution in [-0.2, 0) is 18.6 Å². The van der Waals surface area contributed by atoms with E-state index in [0.29, 0.717) is 12.1 Å². The lowest BCUT2D eigenvalue weighted by molar-refractivity contribution is -0.0225. The summed E-state index contributed by atoms with van der Waals surface area (Å²) in [6.07, 6.45) is 3.19. The van der Waals surface area contributed by atoms with E-state index in [1.165, 1.54) is 0 Å². The van der Waals surface area contributed by atoms with Crippen LogP contribution in [0.4, 0.5) is 0 Å². The van der Waals surface area contributed by atoms with Gasteiger partial charge in [0.15, 0.2) is 0 Å². The highest BCUT2D eigenvalue weighted by atomic mass is 16.4. The fourth-order valence-corrected chi connectivity index (χ4v) is 4.65. The summed E-state index contributed by atoms with van der Waals surface area (Å²) in [5.74, 6) is -0.802. The first kappa shape index (κ1) is 18.7. The van der Waals surface area contributed by atoms with Crippen molar-refractivity contribution in [2.45, 2.75) is 44.8 Å². The molecule has 0 atom stereocenters. The van der Waals surface area contributed by atoms with E-state index < -0.39 is 5.97 Å². The standard InChI is InChI=1S/C21H26N4O3/c1-14-17-21(9-4-10-21)24(11-12-25(17)18(22-14)20(27)28)13-15-5-7-16(8-6-15)19(26)23(2)3/h5-8H,4,9-13H2,1-3H3,(H,27,28). The normalized spacial score (nSPS) is 17.8. The maximum absolute atomic E-state index is 12.1. The quantitative estimate of drug-likeness (QED) is 0.879. The molecular formula is C21H26N4O3. The first-order valence-corrected chi connectivity index (χ1v) is 9.70. The second-order valence-corrected chi connectivity index (χ2v) is 8.03. The van der Waals surface area contributed by atoms with E-state index in [9.17, 15) is 14.7 Å². The van der Waals surface area contributed by atoms with Crippen LogP contribution >= 0.6 is 0 Å². The van der Waals surface area contributed by atoms with Gasteiger partial charge in [-0.1, -0.05) is 12.1 Å². The van der Waals surface area contributed by atoms with E-state index in [1.807, 2.05) is 35.8 Å². The van der Waals surface area contributed by atoms with E-state index >= 15 is 0 Å². The fourth-order valence-electron chi connectivity index (χ4n) is 4.65. The molecule has 148 valence electrons. The maximum atomic E-state index is 12.1. The van der Waals surface area contributed by atoms with Gasteiger partial charge in [-0.25, -0.2) is 9.78 Å². The molecule has 0 radical (unpaired) electrons. The highest BCUT2D eigenvalue weighted by molar-refractivity contribution is 5.93. The van der Waals surface area contributed by atoms with Gasteiger partial charge in [0.25, 0.3) is 5.91 Å². The molecule has 0 saturated heterocycles. The summed E-state index contributed by atoms with van der Waals surface area (Å²) in [5.41, 5.74) is 3.62. The highest BCUT2D eigenvalue weighted by Gasteiger charge is 2.50. The molecule has 4 rings (SSSR count). The number of benzene rings is 1. The minimum absolute atomic E-state index is 0.000660. The molecule has 28 heavy (non-hydrogen) atoms. The Balaban J connectivity index is 1.62. The van der Waals surface area contributed by atoms with Crippen molar-refractivity contribution in [3.05, 3.63) is 52.6 Å². The zero-order valence-corrected chi connectivity index (χ0v) is 16.6. The lowest BCUT2D eigenvalue weighted by atomic mass is 9.71. The van der Waals surface area contributed by atoms with Crippen LogP contribution in [0.2, 0.25) is 0 Å². The number of carboxylic acid groups (broad SMARTS) is 1. The van der Waals surface area contributed by atoms with Gasteiger partial charge >= 0.3 is 5.97 Å². The molecule has 1 amide bonds. The molecule has 1 spiro atoms. The van der Waals surface area contributed by atoms with Crippen molar-refractivity contribution in [1.82, 2.24) is 19.4 Å². The van der Waals surface area contributed by atoms with Gasteiger partial charge in [-0.15, -0.1) is 0 Å². The Kier molecular flexibility index (Phi) is 4.50. The molecule has 7 heteroatoms.